The van der Waals surface area contributed by atoms with E-state index in [2.05, 4.69) is 20.1 Å². The van der Waals surface area contributed by atoms with Crippen LogP contribution in [0.2, 0.25) is 0 Å². The standard InChI is InChI=1S/C7H13N5O3S/c13-16(14,7-1-4-15-5-7)10-2-3-12-9-6-8-11-12/h6-7,10H,1-5H2. The fraction of sp³-hybridized carbons (Fsp3) is 0.857. The zero-order valence-electron chi connectivity index (χ0n) is 8.61. The molecule has 1 N–H and O–H groups in total. The molecule has 1 aliphatic rings. The van der Waals surface area contributed by atoms with Gasteiger partial charge in [-0.3, -0.25) is 0 Å². The Labute approximate surface area is 93.0 Å². The number of rotatable bonds is 5. The lowest BCUT2D eigenvalue weighted by Crippen LogP contribution is -2.36. The molecule has 1 aromatic heterocycles. The smallest absolute Gasteiger partial charge is 0.216 e. The highest BCUT2D eigenvalue weighted by Gasteiger charge is 2.28. The molecule has 1 aromatic rings. The van der Waals surface area contributed by atoms with Gasteiger partial charge in [0.15, 0.2) is 6.33 Å². The Morgan fingerprint density at radius 2 is 2.44 bits per heavy atom. The number of sulfonamides is 1. The van der Waals surface area contributed by atoms with Gasteiger partial charge < -0.3 is 4.74 Å². The van der Waals surface area contributed by atoms with Crippen LogP contribution >= 0.6 is 0 Å². The van der Waals surface area contributed by atoms with Crippen LogP contribution < -0.4 is 4.72 Å². The Morgan fingerprint density at radius 1 is 1.56 bits per heavy atom. The van der Waals surface area contributed by atoms with Crippen molar-refractivity contribution in [3.63, 3.8) is 0 Å². The molecule has 0 bridgehead atoms. The van der Waals surface area contributed by atoms with Crippen LogP contribution in [0.25, 0.3) is 0 Å². The van der Waals surface area contributed by atoms with Crippen molar-refractivity contribution >= 4 is 10.0 Å². The van der Waals surface area contributed by atoms with E-state index in [-0.39, 0.29) is 13.2 Å². The van der Waals surface area contributed by atoms with Crippen molar-refractivity contribution in [3.05, 3.63) is 6.33 Å². The molecule has 1 atom stereocenters. The first-order valence-corrected chi connectivity index (χ1v) is 6.50. The molecule has 2 rings (SSSR count). The topological polar surface area (TPSA) is 99.0 Å². The largest absolute Gasteiger partial charge is 0.380 e. The summed E-state index contributed by atoms with van der Waals surface area (Å²) in [5.41, 5.74) is 0. The third-order valence-electron chi connectivity index (χ3n) is 2.33. The van der Waals surface area contributed by atoms with Crippen LogP contribution in [0.15, 0.2) is 6.33 Å². The van der Waals surface area contributed by atoms with Crippen LogP contribution in [0.4, 0.5) is 0 Å². The summed E-state index contributed by atoms with van der Waals surface area (Å²) in [5, 5.41) is 10.5. The van der Waals surface area contributed by atoms with Crippen molar-refractivity contribution < 1.29 is 13.2 Å². The second kappa shape index (κ2) is 4.85. The maximum absolute atomic E-state index is 11.7. The van der Waals surface area contributed by atoms with Gasteiger partial charge in [-0.25, -0.2) is 13.1 Å². The van der Waals surface area contributed by atoms with Gasteiger partial charge in [-0.05, 0) is 11.6 Å². The van der Waals surface area contributed by atoms with Crippen molar-refractivity contribution in [1.29, 1.82) is 0 Å². The number of aromatic nitrogens is 4. The maximum atomic E-state index is 11.7. The molecule has 90 valence electrons. The summed E-state index contributed by atoms with van der Waals surface area (Å²) in [7, 11) is -3.28. The average Bonchev–Trinajstić information content (AvgIpc) is 2.90. The van der Waals surface area contributed by atoms with Crippen LogP contribution in [-0.2, 0) is 21.3 Å². The van der Waals surface area contributed by atoms with Crippen LogP contribution in [0.5, 0.6) is 0 Å². The van der Waals surface area contributed by atoms with Gasteiger partial charge in [-0.15, -0.1) is 10.2 Å². The monoisotopic (exact) mass is 247 g/mol. The van der Waals surface area contributed by atoms with Gasteiger partial charge in [0.1, 0.15) is 5.25 Å². The fourth-order valence-corrected chi connectivity index (χ4v) is 2.75. The first-order chi connectivity index (χ1) is 7.68. The molecule has 0 aliphatic carbocycles. The van der Waals surface area contributed by atoms with Crippen molar-refractivity contribution in [2.75, 3.05) is 19.8 Å². The lowest BCUT2D eigenvalue weighted by Gasteiger charge is -2.10. The van der Waals surface area contributed by atoms with E-state index in [0.29, 0.717) is 19.6 Å². The molecule has 0 amide bonds. The minimum atomic E-state index is -3.28. The predicted octanol–water partition coefficient (Wildman–Crippen LogP) is -1.62. The minimum Gasteiger partial charge on any atom is -0.380 e. The van der Waals surface area contributed by atoms with Crippen molar-refractivity contribution in [2.45, 2.75) is 18.2 Å². The summed E-state index contributed by atoms with van der Waals surface area (Å²) in [6.45, 7) is 1.41. The number of tetrazole rings is 1. The molecule has 1 aliphatic heterocycles. The summed E-state index contributed by atoms with van der Waals surface area (Å²) in [5.74, 6) is 0. The fourth-order valence-electron chi connectivity index (χ4n) is 1.45. The number of hydrogen-bond acceptors (Lipinski definition) is 6. The lowest BCUT2D eigenvalue weighted by molar-refractivity contribution is 0.198. The van der Waals surface area contributed by atoms with Crippen molar-refractivity contribution in [3.8, 4) is 0 Å². The van der Waals surface area contributed by atoms with E-state index >= 15 is 0 Å². The summed E-state index contributed by atoms with van der Waals surface area (Å²) >= 11 is 0. The molecule has 0 saturated carbocycles. The van der Waals surface area contributed by atoms with Crippen LogP contribution in [0.3, 0.4) is 0 Å². The van der Waals surface area contributed by atoms with Crippen molar-refractivity contribution in [2.24, 2.45) is 0 Å². The molecule has 1 unspecified atom stereocenters. The second-order valence-corrected chi connectivity index (χ2v) is 5.50. The Kier molecular flexibility index (Phi) is 3.46. The molecule has 8 nitrogen and oxygen atoms in total. The Bertz CT molecular complexity index is 411. The first kappa shape index (κ1) is 11.4. The average molecular weight is 247 g/mol. The highest BCUT2D eigenvalue weighted by atomic mass is 32.2. The molecule has 0 spiro atoms. The van der Waals surface area contributed by atoms with Crippen LogP contribution in [0.1, 0.15) is 6.42 Å². The van der Waals surface area contributed by atoms with Gasteiger partial charge in [0.25, 0.3) is 0 Å². The molecule has 1 fully saturated rings. The minimum absolute atomic E-state index is 0.259. The normalized spacial score (nSPS) is 21.4. The van der Waals surface area contributed by atoms with E-state index in [9.17, 15) is 8.42 Å². The molecule has 2 heterocycles. The molecule has 1 saturated heterocycles. The van der Waals surface area contributed by atoms with E-state index in [0.717, 1.165) is 0 Å². The molecule has 0 radical (unpaired) electrons. The Hall–Kier alpha value is -1.06. The summed E-state index contributed by atoms with van der Waals surface area (Å²) in [6, 6.07) is 0. The molecule has 16 heavy (non-hydrogen) atoms. The van der Waals surface area contributed by atoms with E-state index in [4.69, 9.17) is 4.74 Å². The van der Waals surface area contributed by atoms with Gasteiger partial charge in [0.05, 0.1) is 13.2 Å². The lowest BCUT2D eigenvalue weighted by atomic mass is 10.4. The second-order valence-electron chi connectivity index (χ2n) is 3.46. The van der Waals surface area contributed by atoms with Gasteiger partial charge in [0, 0.05) is 13.2 Å². The summed E-state index contributed by atoms with van der Waals surface area (Å²) in [4.78, 5) is 1.33. The Balaban J connectivity index is 1.80. The predicted molar refractivity (Wildman–Crippen MR) is 54.0 cm³/mol. The number of nitrogens with zero attached hydrogens (tertiary/aromatic N) is 4. The Morgan fingerprint density at radius 3 is 3.06 bits per heavy atom. The zero-order chi connectivity index (χ0) is 11.4. The molecule has 0 aromatic carbocycles. The maximum Gasteiger partial charge on any atom is 0.216 e. The summed E-state index contributed by atoms with van der Waals surface area (Å²) < 4.78 is 30.9. The first-order valence-electron chi connectivity index (χ1n) is 4.95. The van der Waals surface area contributed by atoms with Gasteiger partial charge in [-0.1, -0.05) is 0 Å². The van der Waals surface area contributed by atoms with E-state index in [1.54, 1.807) is 0 Å². The quantitative estimate of drug-likeness (QED) is 0.671. The van der Waals surface area contributed by atoms with Crippen molar-refractivity contribution in [1.82, 2.24) is 24.9 Å². The van der Waals surface area contributed by atoms with Crippen LogP contribution in [-0.4, -0.2) is 53.6 Å². The molecular weight excluding hydrogens is 234 g/mol. The number of nitrogens with one attached hydrogen (secondary N) is 1. The van der Waals surface area contributed by atoms with E-state index < -0.39 is 15.3 Å². The summed E-state index contributed by atoms with van der Waals surface area (Å²) in [6.07, 6.45) is 1.86. The van der Waals surface area contributed by atoms with Crippen LogP contribution in [0, 0.1) is 0 Å². The van der Waals surface area contributed by atoms with Gasteiger partial charge in [-0.2, -0.15) is 4.80 Å². The zero-order valence-corrected chi connectivity index (χ0v) is 9.43. The highest BCUT2D eigenvalue weighted by Crippen LogP contribution is 2.11. The number of hydrogen-bond donors (Lipinski definition) is 1. The third-order valence-corrected chi connectivity index (χ3v) is 4.19. The SMILES string of the molecule is O=S(=O)(NCCn1ncnn1)C1CCOC1. The highest BCUT2D eigenvalue weighted by molar-refractivity contribution is 7.90. The van der Waals surface area contributed by atoms with Gasteiger partial charge >= 0.3 is 0 Å². The number of ether oxygens (including phenoxy) is 1. The van der Waals surface area contributed by atoms with E-state index in [1.165, 1.54) is 11.1 Å². The molecule has 9 heteroatoms. The van der Waals surface area contributed by atoms with E-state index in [1.807, 2.05) is 0 Å². The van der Waals surface area contributed by atoms with Gasteiger partial charge in [0.2, 0.25) is 10.0 Å². The molecular formula is C7H13N5O3S. The third kappa shape index (κ3) is 2.74.